The fourth-order valence-electron chi connectivity index (χ4n) is 2.62. The second-order valence-electron chi connectivity index (χ2n) is 6.73. The van der Waals surface area contributed by atoms with Gasteiger partial charge in [-0.25, -0.2) is 0 Å². The summed E-state index contributed by atoms with van der Waals surface area (Å²) < 4.78 is 5.63. The summed E-state index contributed by atoms with van der Waals surface area (Å²) in [7, 11) is 0. The standard InChI is InChI=1S/C13H12O.C11H10.C3H8/c1-11-7-9-13(10-8-11)14-12-5-3-2-4-6-12;1-9-5-4-7-10-6-2-3-8-11(9)10;1-3-2/h2-10H,1H3;2-8H,1H3;3H2,1-2H3. The molecule has 0 amide bonds. The monoisotopic (exact) mass is 370 g/mol. The largest absolute Gasteiger partial charge is 0.457 e. The van der Waals surface area contributed by atoms with Crippen LogP contribution in [0.4, 0.5) is 0 Å². The molecule has 0 saturated carbocycles. The highest BCUT2D eigenvalue weighted by Gasteiger charge is 1.94. The van der Waals surface area contributed by atoms with Gasteiger partial charge in [0.15, 0.2) is 0 Å². The molecule has 1 nitrogen and oxygen atoms in total. The van der Waals surface area contributed by atoms with Gasteiger partial charge < -0.3 is 4.74 Å². The molecule has 0 bridgehead atoms. The van der Waals surface area contributed by atoms with Gasteiger partial charge in [0.1, 0.15) is 11.5 Å². The van der Waals surface area contributed by atoms with Crippen LogP contribution >= 0.6 is 0 Å². The van der Waals surface area contributed by atoms with Crippen molar-refractivity contribution in [2.24, 2.45) is 0 Å². The fourth-order valence-corrected chi connectivity index (χ4v) is 2.62. The van der Waals surface area contributed by atoms with Crippen LogP contribution in [-0.2, 0) is 0 Å². The Morgan fingerprint density at radius 1 is 0.571 bits per heavy atom. The molecule has 0 aromatic heterocycles. The third kappa shape index (κ3) is 6.92. The molecular weight excluding hydrogens is 340 g/mol. The van der Waals surface area contributed by atoms with E-state index in [2.05, 4.69) is 70.2 Å². The zero-order chi connectivity index (χ0) is 20.2. The van der Waals surface area contributed by atoms with Crippen molar-refractivity contribution < 1.29 is 4.74 Å². The van der Waals surface area contributed by atoms with Crippen molar-refractivity contribution in [3.63, 3.8) is 0 Å². The Labute approximate surface area is 169 Å². The number of rotatable bonds is 2. The predicted octanol–water partition coefficient (Wildman–Crippen LogP) is 8.35. The van der Waals surface area contributed by atoms with Gasteiger partial charge >= 0.3 is 0 Å². The van der Waals surface area contributed by atoms with Crippen LogP contribution in [0, 0.1) is 13.8 Å². The normalized spacial score (nSPS) is 9.57. The molecule has 0 aliphatic carbocycles. The molecule has 0 aliphatic rings. The molecule has 0 saturated heterocycles. The number of benzene rings is 4. The summed E-state index contributed by atoms with van der Waals surface area (Å²) in [6.07, 6.45) is 1.25. The molecule has 4 aromatic rings. The second kappa shape index (κ2) is 11.6. The third-order valence-corrected chi connectivity index (χ3v) is 4.01. The van der Waals surface area contributed by atoms with E-state index in [1.54, 1.807) is 0 Å². The Hall–Kier alpha value is -3.06. The van der Waals surface area contributed by atoms with Crippen molar-refractivity contribution in [3.8, 4) is 11.5 Å². The Bertz CT molecular complexity index is 935. The summed E-state index contributed by atoms with van der Waals surface area (Å²) in [5, 5.41) is 2.68. The molecule has 0 unspecified atom stereocenters. The van der Waals surface area contributed by atoms with Gasteiger partial charge in [-0.3, -0.25) is 0 Å². The first-order valence-electron chi connectivity index (χ1n) is 9.88. The summed E-state index contributed by atoms with van der Waals surface area (Å²) in [6.45, 7) is 8.45. The summed E-state index contributed by atoms with van der Waals surface area (Å²) >= 11 is 0. The first-order chi connectivity index (χ1) is 13.6. The lowest BCUT2D eigenvalue weighted by Gasteiger charge is -2.04. The average Bonchev–Trinajstić information content (AvgIpc) is 2.72. The minimum Gasteiger partial charge on any atom is -0.457 e. The number of hydrogen-bond donors (Lipinski definition) is 0. The van der Waals surface area contributed by atoms with Crippen LogP contribution in [0.1, 0.15) is 31.4 Å². The quantitative estimate of drug-likeness (QED) is 0.344. The minimum atomic E-state index is 0.872. The lowest BCUT2D eigenvalue weighted by molar-refractivity contribution is 0.482. The SMILES string of the molecule is CCC.Cc1ccc(Oc2ccccc2)cc1.Cc1cccc2ccccc12. The van der Waals surface area contributed by atoms with Gasteiger partial charge in [0.05, 0.1) is 0 Å². The zero-order valence-corrected chi connectivity index (χ0v) is 17.4. The average molecular weight is 371 g/mol. The van der Waals surface area contributed by atoms with Crippen molar-refractivity contribution >= 4 is 10.8 Å². The summed E-state index contributed by atoms with van der Waals surface area (Å²) in [5.41, 5.74) is 2.59. The van der Waals surface area contributed by atoms with E-state index in [0.717, 1.165) is 11.5 Å². The fraction of sp³-hybridized carbons (Fsp3) is 0.185. The van der Waals surface area contributed by atoms with E-state index in [1.165, 1.54) is 28.3 Å². The Morgan fingerprint density at radius 3 is 1.75 bits per heavy atom. The topological polar surface area (TPSA) is 9.23 Å². The minimum absolute atomic E-state index is 0.872. The number of para-hydroxylation sites is 1. The van der Waals surface area contributed by atoms with E-state index >= 15 is 0 Å². The molecule has 0 fully saturated rings. The molecule has 1 heteroatoms. The van der Waals surface area contributed by atoms with Gasteiger partial charge in [-0.15, -0.1) is 0 Å². The molecule has 0 aliphatic heterocycles. The molecule has 144 valence electrons. The molecule has 0 atom stereocenters. The molecule has 0 spiro atoms. The zero-order valence-electron chi connectivity index (χ0n) is 17.4. The number of aryl methyl sites for hydroxylation is 2. The predicted molar refractivity (Wildman–Crippen MR) is 122 cm³/mol. The Balaban J connectivity index is 0.000000180. The van der Waals surface area contributed by atoms with E-state index in [9.17, 15) is 0 Å². The Morgan fingerprint density at radius 2 is 1.11 bits per heavy atom. The number of fused-ring (bicyclic) bond motifs is 1. The maximum absolute atomic E-state index is 5.63. The smallest absolute Gasteiger partial charge is 0.127 e. The van der Waals surface area contributed by atoms with Gasteiger partial charge in [-0.1, -0.05) is 98.6 Å². The van der Waals surface area contributed by atoms with Crippen molar-refractivity contribution in [2.75, 3.05) is 0 Å². The van der Waals surface area contributed by atoms with Crippen LogP contribution < -0.4 is 4.74 Å². The summed E-state index contributed by atoms with van der Waals surface area (Å²) in [6, 6.07) is 32.6. The van der Waals surface area contributed by atoms with Gasteiger partial charge in [0, 0.05) is 0 Å². The van der Waals surface area contributed by atoms with Crippen LogP contribution in [0.5, 0.6) is 11.5 Å². The molecule has 28 heavy (non-hydrogen) atoms. The van der Waals surface area contributed by atoms with Crippen LogP contribution in [0.2, 0.25) is 0 Å². The van der Waals surface area contributed by atoms with E-state index < -0.39 is 0 Å². The van der Waals surface area contributed by atoms with E-state index in [0.29, 0.717) is 0 Å². The highest BCUT2D eigenvalue weighted by atomic mass is 16.5. The highest BCUT2D eigenvalue weighted by molar-refractivity contribution is 5.85. The van der Waals surface area contributed by atoms with Crippen LogP contribution in [-0.4, -0.2) is 0 Å². The molecule has 4 rings (SSSR count). The van der Waals surface area contributed by atoms with Crippen molar-refractivity contribution in [1.29, 1.82) is 0 Å². The second-order valence-corrected chi connectivity index (χ2v) is 6.73. The lowest BCUT2D eigenvalue weighted by Crippen LogP contribution is -1.82. The lowest BCUT2D eigenvalue weighted by atomic mass is 10.1. The van der Waals surface area contributed by atoms with Gasteiger partial charge in [-0.2, -0.15) is 0 Å². The van der Waals surface area contributed by atoms with Crippen molar-refractivity contribution in [2.45, 2.75) is 34.1 Å². The van der Waals surface area contributed by atoms with Crippen molar-refractivity contribution in [3.05, 3.63) is 108 Å². The maximum Gasteiger partial charge on any atom is 0.127 e. The molecule has 0 heterocycles. The molecular formula is C27H30O. The van der Waals surface area contributed by atoms with Gasteiger partial charge in [0.2, 0.25) is 0 Å². The molecule has 4 aromatic carbocycles. The first-order valence-corrected chi connectivity index (χ1v) is 9.88. The van der Waals surface area contributed by atoms with Gasteiger partial charge in [0.25, 0.3) is 0 Å². The Kier molecular flexibility index (Phi) is 8.81. The highest BCUT2D eigenvalue weighted by Crippen LogP contribution is 2.20. The maximum atomic E-state index is 5.63. The van der Waals surface area contributed by atoms with E-state index in [-0.39, 0.29) is 0 Å². The van der Waals surface area contributed by atoms with Crippen molar-refractivity contribution in [1.82, 2.24) is 0 Å². The number of ether oxygens (including phenoxy) is 1. The van der Waals surface area contributed by atoms with Gasteiger partial charge in [-0.05, 0) is 54.4 Å². The first kappa shape index (κ1) is 21.2. The number of hydrogen-bond acceptors (Lipinski definition) is 1. The van der Waals surface area contributed by atoms with E-state index in [4.69, 9.17) is 4.74 Å². The van der Waals surface area contributed by atoms with E-state index in [1.807, 2.05) is 54.6 Å². The molecule has 0 radical (unpaired) electrons. The van der Waals surface area contributed by atoms with Crippen LogP contribution in [0.3, 0.4) is 0 Å². The third-order valence-electron chi connectivity index (χ3n) is 4.01. The summed E-state index contributed by atoms with van der Waals surface area (Å²) in [5.74, 6) is 1.75. The van der Waals surface area contributed by atoms with Crippen LogP contribution in [0.15, 0.2) is 97.1 Å². The molecule has 0 N–H and O–H groups in total. The van der Waals surface area contributed by atoms with Crippen LogP contribution in [0.25, 0.3) is 10.8 Å². The summed E-state index contributed by atoms with van der Waals surface area (Å²) in [4.78, 5) is 0.